The number of anilines is 1. The molecule has 1 saturated heterocycles. The Morgan fingerprint density at radius 1 is 0.561 bits per heavy atom. The van der Waals surface area contributed by atoms with E-state index in [1.165, 1.54) is 43.1 Å². The van der Waals surface area contributed by atoms with Crippen molar-refractivity contribution in [2.24, 2.45) is 0 Å². The van der Waals surface area contributed by atoms with Gasteiger partial charge in [-0.3, -0.25) is 4.79 Å². The number of hydrogen-bond donors (Lipinski definition) is 3. The minimum atomic E-state index is -0.915. The number of rotatable bonds is 1. The number of carboxylic acids is 1. The van der Waals surface area contributed by atoms with Crippen molar-refractivity contribution in [2.75, 3.05) is 87.4 Å². The van der Waals surface area contributed by atoms with Gasteiger partial charge in [-0.05, 0) is 67.1 Å². The molecule has 0 radical (unpaired) electrons. The van der Waals surface area contributed by atoms with Gasteiger partial charge in [0.1, 0.15) is 5.78 Å². The molecule has 14 nitrogen and oxygen atoms in total. The van der Waals surface area contributed by atoms with Crippen LogP contribution in [0, 0.1) is 0 Å². The maximum atomic E-state index is 10.6. The molecule has 0 aliphatic carbocycles. The standard InChI is InChI=1S/C8H10N2O2S.2C7H9BrN2S.C7H11N3S.C6H11NO.CH4O.ClH/c1-10-3-2-5-6(4-10)13-7(9-5)8(11)12;3*1-10-3-2-5-6(4-10)11-7(8)9-5;1-7-4-2-6(8)3-5-7;1-2;/h2-4H2,1H3,(H,11,12);2*2-4H2,1H3;2-4H2,1H3,(H2,8,9);2-5H2,1H3;2H,1H3;1H. The lowest BCUT2D eigenvalue weighted by molar-refractivity contribution is -0.121. The van der Waals surface area contributed by atoms with Gasteiger partial charge in [0.05, 0.1) is 22.8 Å². The zero-order valence-corrected chi connectivity index (χ0v) is 40.7. The zero-order valence-electron chi connectivity index (χ0n) is 33.4. The van der Waals surface area contributed by atoms with Crippen LogP contribution < -0.4 is 5.73 Å². The van der Waals surface area contributed by atoms with Crippen LogP contribution in [0.5, 0.6) is 0 Å². The second-order valence-electron chi connectivity index (χ2n) is 14.1. The zero-order chi connectivity index (χ0) is 40.9. The molecule has 318 valence electrons. The highest BCUT2D eigenvalue weighted by atomic mass is 79.9. The normalized spacial score (nSPS) is 17.9. The fraction of sp³-hybridized carbons (Fsp3) is 0.611. The Morgan fingerprint density at radius 3 is 1.28 bits per heavy atom. The number of likely N-dealkylation sites (tertiary alicyclic amines) is 1. The van der Waals surface area contributed by atoms with Gasteiger partial charge in [0.25, 0.3) is 0 Å². The van der Waals surface area contributed by atoms with Gasteiger partial charge in [0.2, 0.25) is 5.01 Å². The number of nitrogens with two attached hydrogens (primary N) is 1. The fourth-order valence-corrected chi connectivity index (χ4v) is 11.6. The summed E-state index contributed by atoms with van der Waals surface area (Å²) in [5.41, 5.74) is 10.4. The number of ketones is 1. The van der Waals surface area contributed by atoms with Crippen LogP contribution in [0.4, 0.5) is 5.13 Å². The monoisotopic (exact) mass is 1010 g/mol. The van der Waals surface area contributed by atoms with E-state index >= 15 is 0 Å². The molecular formula is C36H55Br2ClN10O4S4. The molecule has 0 spiro atoms. The highest BCUT2D eigenvalue weighted by Gasteiger charge is 2.21. The Kier molecular flexibility index (Phi) is 21.6. The van der Waals surface area contributed by atoms with E-state index in [1.54, 1.807) is 34.0 Å². The van der Waals surface area contributed by atoms with E-state index in [0.717, 1.165) is 129 Å². The number of fused-ring (bicyclic) bond motifs is 4. The molecule has 9 rings (SSSR count). The number of carbonyl (C=O) groups excluding carboxylic acids is 1. The van der Waals surface area contributed by atoms with Crippen molar-refractivity contribution >= 4 is 106 Å². The summed E-state index contributed by atoms with van der Waals surface area (Å²) < 4.78 is 2.05. The number of piperidine rings is 1. The molecule has 21 heteroatoms. The lowest BCUT2D eigenvalue weighted by Gasteiger charge is -2.20. The van der Waals surface area contributed by atoms with Crippen molar-refractivity contribution in [2.45, 2.75) is 64.7 Å². The molecule has 57 heavy (non-hydrogen) atoms. The molecule has 4 aromatic rings. The topological polar surface area (TPSA) is 168 Å². The highest BCUT2D eigenvalue weighted by Crippen LogP contribution is 2.29. The average molecular weight is 1020 g/mol. The summed E-state index contributed by atoms with van der Waals surface area (Å²) in [6, 6.07) is 0. The van der Waals surface area contributed by atoms with Gasteiger partial charge in [-0.15, -0.1) is 57.8 Å². The number of aliphatic hydroxyl groups excluding tert-OH is 1. The number of thiazole rings is 4. The number of aromatic nitrogens is 4. The predicted molar refractivity (Wildman–Crippen MR) is 243 cm³/mol. The molecule has 5 aliphatic rings. The highest BCUT2D eigenvalue weighted by molar-refractivity contribution is 9.11. The molecule has 0 bridgehead atoms. The molecular weight excluding hydrogens is 960 g/mol. The molecule has 0 amide bonds. The lowest BCUT2D eigenvalue weighted by atomic mass is 10.1. The van der Waals surface area contributed by atoms with Gasteiger partial charge in [-0.2, -0.15) is 0 Å². The first-order valence-corrected chi connectivity index (χ1v) is 23.2. The van der Waals surface area contributed by atoms with Crippen molar-refractivity contribution in [3.05, 3.63) is 55.1 Å². The first-order chi connectivity index (χ1) is 26.7. The van der Waals surface area contributed by atoms with Crippen molar-refractivity contribution in [1.82, 2.24) is 44.4 Å². The first-order valence-electron chi connectivity index (χ1n) is 18.4. The Balaban J connectivity index is 0.000000189. The van der Waals surface area contributed by atoms with Crippen molar-refractivity contribution in [3.8, 4) is 0 Å². The number of aromatic carboxylic acids is 1. The second kappa shape index (κ2) is 24.7. The molecule has 0 aromatic carbocycles. The van der Waals surface area contributed by atoms with E-state index in [-0.39, 0.29) is 17.4 Å². The van der Waals surface area contributed by atoms with Gasteiger partial charge in [0, 0.05) is 131 Å². The number of carboxylic acid groups (broad SMARTS) is 1. The lowest BCUT2D eigenvalue weighted by Crippen LogP contribution is -2.29. The fourth-order valence-electron chi connectivity index (χ4n) is 6.21. The Hall–Kier alpha value is -1.53. The first kappa shape index (κ1) is 49.8. The third kappa shape index (κ3) is 16.1. The number of halogens is 3. The van der Waals surface area contributed by atoms with Crippen LogP contribution in [0.15, 0.2) is 7.83 Å². The van der Waals surface area contributed by atoms with E-state index in [9.17, 15) is 9.59 Å². The van der Waals surface area contributed by atoms with Crippen LogP contribution in [0.3, 0.4) is 0 Å². The number of aliphatic hydroxyl groups is 1. The number of carbonyl (C=O) groups is 2. The van der Waals surface area contributed by atoms with Gasteiger partial charge in [0.15, 0.2) is 13.0 Å². The summed E-state index contributed by atoms with van der Waals surface area (Å²) in [4.78, 5) is 54.9. The smallest absolute Gasteiger partial charge is 0.365 e. The van der Waals surface area contributed by atoms with Gasteiger partial charge >= 0.3 is 5.97 Å². The summed E-state index contributed by atoms with van der Waals surface area (Å²) in [5, 5.41) is 16.7. The summed E-state index contributed by atoms with van der Waals surface area (Å²) in [6.45, 7) is 10.3. The van der Waals surface area contributed by atoms with Crippen LogP contribution in [0.1, 0.15) is 64.9 Å². The molecule has 4 aromatic heterocycles. The van der Waals surface area contributed by atoms with Crippen molar-refractivity contribution in [3.63, 3.8) is 0 Å². The third-order valence-corrected chi connectivity index (χ3v) is 14.4. The van der Waals surface area contributed by atoms with Gasteiger partial charge in [-0.25, -0.2) is 24.7 Å². The van der Waals surface area contributed by atoms with Gasteiger partial charge < -0.3 is 40.4 Å². The molecule has 5 aliphatic heterocycles. The molecule has 0 atom stereocenters. The van der Waals surface area contributed by atoms with E-state index < -0.39 is 5.97 Å². The second-order valence-corrected chi connectivity index (χ2v) is 21.0. The Morgan fingerprint density at radius 2 is 0.895 bits per heavy atom. The third-order valence-electron chi connectivity index (χ3n) is 9.38. The Bertz CT molecular complexity index is 1730. The number of hydrogen-bond acceptors (Lipinski definition) is 17. The van der Waals surface area contributed by atoms with E-state index in [2.05, 4.69) is 97.4 Å². The number of nitrogen functional groups attached to an aromatic ring is 1. The summed E-state index contributed by atoms with van der Waals surface area (Å²) in [7, 11) is 11.5. The maximum absolute atomic E-state index is 10.6. The minimum Gasteiger partial charge on any atom is -0.476 e. The van der Waals surface area contributed by atoms with E-state index in [1.807, 2.05) is 14.1 Å². The van der Waals surface area contributed by atoms with Crippen LogP contribution in [-0.4, -0.2) is 148 Å². The van der Waals surface area contributed by atoms with Crippen molar-refractivity contribution in [1.29, 1.82) is 0 Å². The summed E-state index contributed by atoms with van der Waals surface area (Å²) in [5.74, 6) is -0.495. The quantitative estimate of drug-likeness (QED) is 0.214. The van der Waals surface area contributed by atoms with Crippen LogP contribution >= 0.6 is 89.6 Å². The SMILES string of the molecule is CN1CCC(=O)CC1.CN1CCc2nc(Br)sc2C1.CN1CCc2nc(Br)sc2C1.CN1CCc2nc(C(=O)O)sc2C1.CN1CCc2nc(N)sc2C1.CO.Cl. The number of likely N-dealkylation sites (N-methyl/N-ethyl adjacent to an activating group) is 4. The molecule has 0 unspecified atom stereocenters. The largest absolute Gasteiger partial charge is 0.476 e. The molecule has 0 saturated carbocycles. The van der Waals surface area contributed by atoms with E-state index in [0.29, 0.717) is 10.9 Å². The average Bonchev–Trinajstić information content (AvgIpc) is 3.94. The maximum Gasteiger partial charge on any atom is 0.365 e. The Labute approximate surface area is 375 Å². The number of Topliss-reactive ketones (excluding diaryl/α,β-unsaturated/α-hetero) is 1. The van der Waals surface area contributed by atoms with Crippen LogP contribution in [0.25, 0.3) is 0 Å². The van der Waals surface area contributed by atoms with E-state index in [4.69, 9.17) is 15.9 Å². The number of nitrogens with zero attached hydrogens (tertiary/aromatic N) is 9. The summed E-state index contributed by atoms with van der Waals surface area (Å²) in [6.07, 6.45) is 5.66. The van der Waals surface area contributed by atoms with Crippen molar-refractivity contribution < 1.29 is 19.8 Å². The van der Waals surface area contributed by atoms with Crippen LogP contribution in [-0.2, 0) is 56.7 Å². The molecule has 4 N–H and O–H groups in total. The predicted octanol–water partition coefficient (Wildman–Crippen LogP) is 5.64. The van der Waals surface area contributed by atoms with Crippen LogP contribution in [0.2, 0.25) is 0 Å². The minimum absolute atomic E-state index is 0. The van der Waals surface area contributed by atoms with Gasteiger partial charge in [-0.1, -0.05) is 0 Å². The molecule has 1 fully saturated rings. The summed E-state index contributed by atoms with van der Waals surface area (Å²) >= 11 is 13.2. The molecule has 9 heterocycles.